The molecule has 0 saturated carbocycles. The number of benzene rings is 1. The van der Waals surface area contributed by atoms with E-state index in [-0.39, 0.29) is 11.9 Å². The van der Waals surface area contributed by atoms with Crippen LogP contribution in [0.2, 0.25) is 0 Å². The molecule has 0 spiro atoms. The summed E-state index contributed by atoms with van der Waals surface area (Å²) < 4.78 is 5.00. The number of amides is 1. The molecule has 21 heavy (non-hydrogen) atoms. The SMILES string of the molecule is Cc1cc(NC(=O)[C@H](c2ccccc2)N2CCCC2)no1. The van der Waals surface area contributed by atoms with E-state index >= 15 is 0 Å². The molecule has 1 aliphatic rings. The zero-order valence-electron chi connectivity index (χ0n) is 12.1. The molecule has 1 N–H and O–H groups in total. The second-order valence-electron chi connectivity index (χ2n) is 5.37. The summed E-state index contributed by atoms with van der Waals surface area (Å²) in [6.07, 6.45) is 2.28. The van der Waals surface area contributed by atoms with Gasteiger partial charge in [-0.1, -0.05) is 35.5 Å². The van der Waals surface area contributed by atoms with Crippen molar-refractivity contribution in [3.05, 3.63) is 47.7 Å². The Morgan fingerprint density at radius 1 is 1.29 bits per heavy atom. The largest absolute Gasteiger partial charge is 0.360 e. The van der Waals surface area contributed by atoms with Gasteiger partial charge in [0, 0.05) is 6.07 Å². The molecule has 3 rings (SSSR count). The van der Waals surface area contributed by atoms with Crippen LogP contribution in [0.1, 0.15) is 30.2 Å². The highest BCUT2D eigenvalue weighted by molar-refractivity contribution is 5.94. The van der Waals surface area contributed by atoms with E-state index < -0.39 is 0 Å². The molecule has 110 valence electrons. The molecule has 0 unspecified atom stereocenters. The fourth-order valence-electron chi connectivity index (χ4n) is 2.78. The highest BCUT2D eigenvalue weighted by Crippen LogP contribution is 2.26. The molecule has 2 heterocycles. The van der Waals surface area contributed by atoms with Crippen molar-refractivity contribution >= 4 is 11.7 Å². The zero-order valence-corrected chi connectivity index (χ0v) is 12.1. The van der Waals surface area contributed by atoms with E-state index in [1.807, 2.05) is 30.3 Å². The van der Waals surface area contributed by atoms with Gasteiger partial charge in [-0.2, -0.15) is 0 Å². The Hall–Kier alpha value is -2.14. The summed E-state index contributed by atoms with van der Waals surface area (Å²) in [5.74, 6) is 1.09. The highest BCUT2D eigenvalue weighted by atomic mass is 16.5. The average Bonchev–Trinajstić information content (AvgIpc) is 3.13. The smallest absolute Gasteiger partial charge is 0.247 e. The summed E-state index contributed by atoms with van der Waals surface area (Å²) in [6.45, 7) is 3.70. The van der Waals surface area contributed by atoms with Gasteiger partial charge < -0.3 is 9.84 Å². The molecule has 1 atom stereocenters. The molecular formula is C16H19N3O2. The summed E-state index contributed by atoms with van der Waals surface area (Å²) in [6, 6.07) is 11.3. The number of carbonyl (C=O) groups is 1. The zero-order chi connectivity index (χ0) is 14.7. The fraction of sp³-hybridized carbons (Fsp3) is 0.375. The van der Waals surface area contributed by atoms with E-state index in [2.05, 4.69) is 15.4 Å². The molecule has 0 aliphatic carbocycles. The molecule has 1 aliphatic heterocycles. The van der Waals surface area contributed by atoms with Gasteiger partial charge in [0.2, 0.25) is 5.91 Å². The Labute approximate surface area is 123 Å². The normalized spacial score (nSPS) is 16.8. The molecule has 1 amide bonds. The number of aryl methyl sites for hydroxylation is 1. The van der Waals surface area contributed by atoms with Crippen LogP contribution in [0.4, 0.5) is 5.82 Å². The lowest BCUT2D eigenvalue weighted by Gasteiger charge is -2.26. The summed E-state index contributed by atoms with van der Waals surface area (Å²) in [5, 5.41) is 6.69. The first-order valence-corrected chi connectivity index (χ1v) is 7.27. The molecule has 5 nitrogen and oxygen atoms in total. The molecular weight excluding hydrogens is 266 g/mol. The van der Waals surface area contributed by atoms with Crippen LogP contribution in [0.15, 0.2) is 40.9 Å². The van der Waals surface area contributed by atoms with Crippen LogP contribution in [0.3, 0.4) is 0 Å². The Balaban J connectivity index is 1.82. The minimum absolute atomic E-state index is 0.0589. The van der Waals surface area contributed by atoms with Crippen LogP contribution < -0.4 is 5.32 Å². The van der Waals surface area contributed by atoms with Gasteiger partial charge in [0.15, 0.2) is 5.82 Å². The third-order valence-corrected chi connectivity index (χ3v) is 3.75. The Kier molecular flexibility index (Phi) is 4.01. The molecule has 0 radical (unpaired) electrons. The predicted octanol–water partition coefficient (Wildman–Crippen LogP) is 2.76. The monoisotopic (exact) mass is 285 g/mol. The second kappa shape index (κ2) is 6.10. The van der Waals surface area contributed by atoms with Crippen molar-refractivity contribution in [3.8, 4) is 0 Å². The van der Waals surface area contributed by atoms with Crippen molar-refractivity contribution in [1.82, 2.24) is 10.1 Å². The fourth-order valence-corrected chi connectivity index (χ4v) is 2.78. The molecule has 2 aromatic rings. The molecule has 1 fully saturated rings. The van der Waals surface area contributed by atoms with E-state index in [0.29, 0.717) is 11.6 Å². The number of likely N-dealkylation sites (tertiary alicyclic amines) is 1. The van der Waals surface area contributed by atoms with Crippen molar-refractivity contribution in [3.63, 3.8) is 0 Å². The van der Waals surface area contributed by atoms with Gasteiger partial charge in [-0.15, -0.1) is 0 Å². The number of nitrogens with one attached hydrogen (secondary N) is 1. The Morgan fingerprint density at radius 3 is 2.62 bits per heavy atom. The van der Waals surface area contributed by atoms with Gasteiger partial charge in [0.1, 0.15) is 11.8 Å². The number of carbonyl (C=O) groups excluding carboxylic acids is 1. The molecule has 0 bridgehead atoms. The van der Waals surface area contributed by atoms with Crippen LogP contribution in [0.25, 0.3) is 0 Å². The lowest BCUT2D eigenvalue weighted by molar-refractivity contribution is -0.121. The predicted molar refractivity (Wildman–Crippen MR) is 79.9 cm³/mol. The van der Waals surface area contributed by atoms with Crippen molar-refractivity contribution in [1.29, 1.82) is 0 Å². The molecule has 1 saturated heterocycles. The maximum atomic E-state index is 12.7. The van der Waals surface area contributed by atoms with Crippen LogP contribution in [-0.4, -0.2) is 29.1 Å². The number of hydrogen-bond acceptors (Lipinski definition) is 4. The van der Waals surface area contributed by atoms with Gasteiger partial charge in [-0.3, -0.25) is 9.69 Å². The van der Waals surface area contributed by atoms with Crippen molar-refractivity contribution < 1.29 is 9.32 Å². The first-order chi connectivity index (χ1) is 10.2. The third-order valence-electron chi connectivity index (χ3n) is 3.75. The standard InChI is InChI=1S/C16H19N3O2/c1-12-11-14(18-21-12)17-16(20)15(19-9-5-6-10-19)13-7-3-2-4-8-13/h2-4,7-8,11,15H,5-6,9-10H2,1H3,(H,17,18,20)/t15-/m0/s1. The summed E-state index contributed by atoms with van der Waals surface area (Å²) in [7, 11) is 0. The number of aromatic nitrogens is 1. The van der Waals surface area contributed by atoms with E-state index in [1.165, 1.54) is 0 Å². The summed E-state index contributed by atoms with van der Waals surface area (Å²) in [5.41, 5.74) is 1.01. The molecule has 1 aromatic carbocycles. The summed E-state index contributed by atoms with van der Waals surface area (Å²) >= 11 is 0. The average molecular weight is 285 g/mol. The van der Waals surface area contributed by atoms with Crippen LogP contribution in [0, 0.1) is 6.92 Å². The molecule has 1 aromatic heterocycles. The van der Waals surface area contributed by atoms with E-state index in [4.69, 9.17) is 4.52 Å². The quantitative estimate of drug-likeness (QED) is 0.938. The van der Waals surface area contributed by atoms with Crippen molar-refractivity contribution in [2.75, 3.05) is 18.4 Å². The third kappa shape index (κ3) is 3.13. The summed E-state index contributed by atoms with van der Waals surface area (Å²) in [4.78, 5) is 14.9. The topological polar surface area (TPSA) is 58.4 Å². The number of hydrogen-bond donors (Lipinski definition) is 1. The number of anilines is 1. The molecule has 5 heteroatoms. The second-order valence-corrected chi connectivity index (χ2v) is 5.37. The van der Waals surface area contributed by atoms with Crippen LogP contribution >= 0.6 is 0 Å². The van der Waals surface area contributed by atoms with Gasteiger partial charge in [0.05, 0.1) is 0 Å². The van der Waals surface area contributed by atoms with E-state index in [9.17, 15) is 4.79 Å². The maximum Gasteiger partial charge on any atom is 0.247 e. The first-order valence-electron chi connectivity index (χ1n) is 7.27. The lowest BCUT2D eigenvalue weighted by atomic mass is 10.0. The van der Waals surface area contributed by atoms with Gasteiger partial charge >= 0.3 is 0 Å². The first kappa shape index (κ1) is 13.8. The van der Waals surface area contributed by atoms with Crippen molar-refractivity contribution in [2.24, 2.45) is 0 Å². The Morgan fingerprint density at radius 2 is 2.00 bits per heavy atom. The number of nitrogens with zero attached hydrogens (tertiary/aromatic N) is 2. The van der Waals surface area contributed by atoms with Crippen LogP contribution in [-0.2, 0) is 4.79 Å². The highest BCUT2D eigenvalue weighted by Gasteiger charge is 2.30. The lowest BCUT2D eigenvalue weighted by Crippen LogP contribution is -2.35. The van der Waals surface area contributed by atoms with Crippen LogP contribution in [0.5, 0.6) is 0 Å². The maximum absolute atomic E-state index is 12.7. The van der Waals surface area contributed by atoms with E-state index in [0.717, 1.165) is 31.5 Å². The number of rotatable bonds is 4. The Bertz CT molecular complexity index is 603. The van der Waals surface area contributed by atoms with Gasteiger partial charge in [-0.25, -0.2) is 0 Å². The van der Waals surface area contributed by atoms with Gasteiger partial charge in [-0.05, 0) is 38.4 Å². The van der Waals surface area contributed by atoms with E-state index in [1.54, 1.807) is 13.0 Å². The minimum atomic E-state index is -0.272. The van der Waals surface area contributed by atoms with Gasteiger partial charge in [0.25, 0.3) is 0 Å². The van der Waals surface area contributed by atoms with Crippen molar-refractivity contribution in [2.45, 2.75) is 25.8 Å². The minimum Gasteiger partial charge on any atom is -0.360 e.